The number of nitrogens with two attached hydrogens (primary N) is 1. The average Bonchev–Trinajstić information content (AvgIpc) is 2.32. The zero-order valence-electron chi connectivity index (χ0n) is 8.72. The third-order valence-electron chi connectivity index (χ3n) is 2.05. The van der Waals surface area contributed by atoms with Crippen LogP contribution in [0.1, 0.15) is 5.56 Å². The van der Waals surface area contributed by atoms with Crippen molar-refractivity contribution >= 4 is 21.6 Å². The summed E-state index contributed by atoms with van der Waals surface area (Å²) in [6.45, 7) is 0. The Bertz CT molecular complexity index is 593. The summed E-state index contributed by atoms with van der Waals surface area (Å²) in [7, 11) is 0. The number of rotatable bonds is 2. The number of hydrogen-bond donors (Lipinski definition) is 1. The van der Waals surface area contributed by atoms with Crippen molar-refractivity contribution < 1.29 is 4.74 Å². The molecule has 0 radical (unpaired) electrons. The molecule has 0 bridgehead atoms. The molecule has 0 amide bonds. The molecular formula is C12H8BrN3O. The van der Waals surface area contributed by atoms with Gasteiger partial charge in [0.25, 0.3) is 0 Å². The van der Waals surface area contributed by atoms with Gasteiger partial charge in [0, 0.05) is 10.7 Å². The molecule has 2 N–H and O–H groups in total. The molecule has 2 rings (SSSR count). The molecule has 0 unspecified atom stereocenters. The maximum absolute atomic E-state index is 8.72. The molecule has 1 heterocycles. The summed E-state index contributed by atoms with van der Waals surface area (Å²) in [6, 6.07) is 8.68. The SMILES string of the molecule is N#Cc1ccc(Oc2cncc(Br)c2)c(N)c1. The highest BCUT2D eigenvalue weighted by Crippen LogP contribution is 2.28. The number of hydrogen-bond acceptors (Lipinski definition) is 4. The van der Waals surface area contributed by atoms with Gasteiger partial charge in [-0.1, -0.05) is 0 Å². The number of pyridine rings is 1. The fourth-order valence-electron chi connectivity index (χ4n) is 1.29. The predicted octanol–water partition coefficient (Wildman–Crippen LogP) is 3.09. The highest BCUT2D eigenvalue weighted by atomic mass is 79.9. The van der Waals surface area contributed by atoms with Crippen LogP contribution in [0.15, 0.2) is 41.1 Å². The van der Waals surface area contributed by atoms with Crippen LogP contribution in [0.3, 0.4) is 0 Å². The average molecular weight is 290 g/mol. The van der Waals surface area contributed by atoms with Crippen LogP contribution in [0.4, 0.5) is 5.69 Å². The van der Waals surface area contributed by atoms with Crippen molar-refractivity contribution in [3.05, 3.63) is 46.7 Å². The van der Waals surface area contributed by atoms with Crippen molar-refractivity contribution in [2.75, 3.05) is 5.73 Å². The molecule has 0 spiro atoms. The van der Waals surface area contributed by atoms with E-state index in [4.69, 9.17) is 15.7 Å². The molecule has 17 heavy (non-hydrogen) atoms. The van der Waals surface area contributed by atoms with Crippen molar-refractivity contribution in [2.45, 2.75) is 0 Å². The summed E-state index contributed by atoms with van der Waals surface area (Å²) in [6.07, 6.45) is 3.25. The van der Waals surface area contributed by atoms with Gasteiger partial charge in [-0.05, 0) is 40.2 Å². The number of anilines is 1. The lowest BCUT2D eigenvalue weighted by Gasteiger charge is -2.08. The van der Waals surface area contributed by atoms with Crippen LogP contribution in [0.2, 0.25) is 0 Å². The normalized spacial score (nSPS) is 9.65. The Balaban J connectivity index is 2.28. The Kier molecular flexibility index (Phi) is 3.26. The summed E-state index contributed by atoms with van der Waals surface area (Å²) >= 11 is 3.30. The van der Waals surface area contributed by atoms with Crippen LogP contribution >= 0.6 is 15.9 Å². The minimum atomic E-state index is 0.420. The number of halogens is 1. The predicted molar refractivity (Wildman–Crippen MR) is 67.6 cm³/mol. The van der Waals surface area contributed by atoms with Gasteiger partial charge < -0.3 is 10.5 Å². The molecule has 0 saturated carbocycles. The van der Waals surface area contributed by atoms with Gasteiger partial charge in [0.1, 0.15) is 11.5 Å². The molecule has 0 atom stereocenters. The first kappa shape index (κ1) is 11.4. The minimum absolute atomic E-state index is 0.420. The van der Waals surface area contributed by atoms with E-state index in [0.29, 0.717) is 22.7 Å². The standard InChI is InChI=1S/C12H8BrN3O/c13-9-4-10(7-16-6-9)17-12-2-1-8(5-14)3-11(12)15/h1-4,6-7H,15H2. The largest absolute Gasteiger partial charge is 0.454 e. The van der Waals surface area contributed by atoms with Crippen LogP contribution < -0.4 is 10.5 Å². The first-order chi connectivity index (χ1) is 8.19. The molecule has 0 aliphatic rings. The van der Waals surface area contributed by atoms with Crippen LogP contribution in [0.25, 0.3) is 0 Å². The summed E-state index contributed by atoms with van der Waals surface area (Å²) in [5.41, 5.74) is 6.70. The van der Waals surface area contributed by atoms with Crippen molar-refractivity contribution in [2.24, 2.45) is 0 Å². The molecule has 84 valence electrons. The molecule has 4 nitrogen and oxygen atoms in total. The van der Waals surface area contributed by atoms with E-state index < -0.39 is 0 Å². The zero-order valence-corrected chi connectivity index (χ0v) is 10.3. The summed E-state index contributed by atoms with van der Waals surface area (Å²) in [5, 5.41) is 8.72. The van der Waals surface area contributed by atoms with Crippen molar-refractivity contribution in [3.8, 4) is 17.6 Å². The zero-order chi connectivity index (χ0) is 12.3. The molecule has 1 aromatic heterocycles. The van der Waals surface area contributed by atoms with Crippen molar-refractivity contribution in [1.29, 1.82) is 5.26 Å². The van der Waals surface area contributed by atoms with Crippen LogP contribution in [0, 0.1) is 11.3 Å². The Hall–Kier alpha value is -2.06. The van der Waals surface area contributed by atoms with Gasteiger partial charge in [-0.3, -0.25) is 4.98 Å². The Morgan fingerprint density at radius 3 is 2.76 bits per heavy atom. The number of benzene rings is 1. The van der Waals surface area contributed by atoms with Gasteiger partial charge in [-0.2, -0.15) is 5.26 Å². The highest BCUT2D eigenvalue weighted by Gasteiger charge is 2.04. The molecular weight excluding hydrogens is 282 g/mol. The first-order valence-corrected chi connectivity index (χ1v) is 5.56. The van der Waals surface area contributed by atoms with E-state index in [9.17, 15) is 0 Å². The lowest BCUT2D eigenvalue weighted by molar-refractivity contribution is 0.482. The Morgan fingerprint density at radius 2 is 2.12 bits per heavy atom. The second-order valence-electron chi connectivity index (χ2n) is 3.31. The van der Waals surface area contributed by atoms with E-state index in [1.165, 1.54) is 0 Å². The van der Waals surface area contributed by atoms with Crippen LogP contribution in [0.5, 0.6) is 11.5 Å². The minimum Gasteiger partial charge on any atom is -0.454 e. The summed E-state index contributed by atoms with van der Waals surface area (Å²) in [4.78, 5) is 3.98. The fourth-order valence-corrected chi connectivity index (χ4v) is 1.63. The smallest absolute Gasteiger partial charge is 0.150 e. The second kappa shape index (κ2) is 4.85. The van der Waals surface area contributed by atoms with Crippen LogP contribution in [-0.2, 0) is 0 Å². The monoisotopic (exact) mass is 289 g/mol. The summed E-state index contributed by atoms with van der Waals surface area (Å²) < 4.78 is 6.38. The number of ether oxygens (including phenoxy) is 1. The molecule has 5 heteroatoms. The third kappa shape index (κ3) is 2.74. The molecule has 0 aliphatic carbocycles. The quantitative estimate of drug-likeness (QED) is 0.863. The van der Waals surface area contributed by atoms with E-state index in [-0.39, 0.29) is 0 Å². The van der Waals surface area contributed by atoms with E-state index in [1.807, 2.05) is 6.07 Å². The first-order valence-electron chi connectivity index (χ1n) is 4.77. The highest BCUT2D eigenvalue weighted by molar-refractivity contribution is 9.10. The number of aromatic nitrogens is 1. The van der Waals surface area contributed by atoms with E-state index in [1.54, 1.807) is 36.7 Å². The third-order valence-corrected chi connectivity index (χ3v) is 2.48. The molecule has 0 aliphatic heterocycles. The maximum atomic E-state index is 8.72. The molecule has 0 fully saturated rings. The lowest BCUT2D eigenvalue weighted by atomic mass is 10.2. The summed E-state index contributed by atoms with van der Waals surface area (Å²) in [5.74, 6) is 1.08. The molecule has 1 aromatic carbocycles. The van der Waals surface area contributed by atoms with Crippen molar-refractivity contribution in [3.63, 3.8) is 0 Å². The maximum Gasteiger partial charge on any atom is 0.150 e. The fraction of sp³-hybridized carbons (Fsp3) is 0. The lowest BCUT2D eigenvalue weighted by Crippen LogP contribution is -1.93. The van der Waals surface area contributed by atoms with Crippen molar-refractivity contribution in [1.82, 2.24) is 4.98 Å². The van der Waals surface area contributed by atoms with Gasteiger partial charge >= 0.3 is 0 Å². The van der Waals surface area contributed by atoms with Crippen LogP contribution in [-0.4, -0.2) is 4.98 Å². The van der Waals surface area contributed by atoms with Gasteiger partial charge in [0.15, 0.2) is 0 Å². The van der Waals surface area contributed by atoms with Gasteiger partial charge in [-0.25, -0.2) is 0 Å². The van der Waals surface area contributed by atoms with E-state index in [2.05, 4.69) is 20.9 Å². The van der Waals surface area contributed by atoms with Gasteiger partial charge in [0.05, 0.1) is 23.5 Å². The number of nitrogen functional groups attached to an aromatic ring is 1. The molecule has 2 aromatic rings. The van der Waals surface area contributed by atoms with E-state index >= 15 is 0 Å². The topological polar surface area (TPSA) is 71.9 Å². The molecule has 0 saturated heterocycles. The Labute approximate surface area is 107 Å². The Morgan fingerprint density at radius 1 is 1.29 bits per heavy atom. The van der Waals surface area contributed by atoms with E-state index in [0.717, 1.165) is 4.47 Å². The van der Waals surface area contributed by atoms with Gasteiger partial charge in [0.2, 0.25) is 0 Å². The number of nitrogens with zero attached hydrogens (tertiary/aromatic N) is 2. The number of nitriles is 1. The van der Waals surface area contributed by atoms with Gasteiger partial charge in [-0.15, -0.1) is 0 Å². The second-order valence-corrected chi connectivity index (χ2v) is 4.22.